The fourth-order valence-electron chi connectivity index (χ4n) is 2.32. The highest BCUT2D eigenvalue weighted by atomic mass is 16.5. The summed E-state index contributed by atoms with van der Waals surface area (Å²) in [6.07, 6.45) is 0.962. The van der Waals surface area contributed by atoms with Gasteiger partial charge in [0.1, 0.15) is 6.04 Å². The minimum Gasteiger partial charge on any atom is -0.384 e. The van der Waals surface area contributed by atoms with E-state index < -0.39 is 11.9 Å². The number of primary amides is 1. The standard InChI is InChI=1S/C15H21N3O3/c1-2-7-17-12-6-4-3-5-11(12)15(20)18-8-9-21-10-13(18)14(16)19/h3-6,13,17H,2,7-10H2,1H3,(H2,16,19). The molecule has 114 valence electrons. The summed E-state index contributed by atoms with van der Waals surface area (Å²) in [6.45, 7) is 3.79. The molecular formula is C15H21N3O3. The van der Waals surface area contributed by atoms with E-state index in [0.717, 1.165) is 18.7 Å². The number of amides is 2. The van der Waals surface area contributed by atoms with Gasteiger partial charge in [0.25, 0.3) is 5.91 Å². The van der Waals surface area contributed by atoms with Gasteiger partial charge in [0.2, 0.25) is 5.91 Å². The van der Waals surface area contributed by atoms with Crippen molar-refractivity contribution in [2.45, 2.75) is 19.4 Å². The van der Waals surface area contributed by atoms with E-state index in [1.165, 1.54) is 4.90 Å². The Morgan fingerprint density at radius 3 is 2.90 bits per heavy atom. The number of para-hydroxylation sites is 1. The first-order valence-electron chi connectivity index (χ1n) is 7.16. The lowest BCUT2D eigenvalue weighted by molar-refractivity contribution is -0.127. The molecule has 0 aromatic heterocycles. The largest absolute Gasteiger partial charge is 0.384 e. The number of ether oxygens (including phenoxy) is 1. The van der Waals surface area contributed by atoms with Crippen LogP contribution in [0.3, 0.4) is 0 Å². The molecule has 0 bridgehead atoms. The zero-order valence-electron chi connectivity index (χ0n) is 12.2. The zero-order valence-corrected chi connectivity index (χ0v) is 12.2. The Kier molecular flexibility index (Phi) is 5.16. The van der Waals surface area contributed by atoms with Gasteiger partial charge in [-0.2, -0.15) is 0 Å². The van der Waals surface area contributed by atoms with E-state index >= 15 is 0 Å². The Hall–Kier alpha value is -2.08. The molecule has 1 aliphatic rings. The van der Waals surface area contributed by atoms with Crippen LogP contribution in [0.4, 0.5) is 5.69 Å². The predicted molar refractivity (Wildman–Crippen MR) is 80.1 cm³/mol. The number of carbonyl (C=O) groups excluding carboxylic acids is 2. The van der Waals surface area contributed by atoms with Gasteiger partial charge in [0, 0.05) is 18.8 Å². The molecule has 2 rings (SSSR count). The van der Waals surface area contributed by atoms with Crippen molar-refractivity contribution in [2.24, 2.45) is 5.73 Å². The normalized spacial score (nSPS) is 18.3. The minimum atomic E-state index is -0.703. The highest BCUT2D eigenvalue weighted by Crippen LogP contribution is 2.20. The van der Waals surface area contributed by atoms with Crippen LogP contribution in [-0.2, 0) is 9.53 Å². The van der Waals surface area contributed by atoms with Crippen LogP contribution in [0.15, 0.2) is 24.3 Å². The van der Waals surface area contributed by atoms with Crippen LogP contribution >= 0.6 is 0 Å². The van der Waals surface area contributed by atoms with Gasteiger partial charge in [-0.1, -0.05) is 19.1 Å². The summed E-state index contributed by atoms with van der Waals surface area (Å²) < 4.78 is 5.24. The Labute approximate surface area is 124 Å². The Bertz CT molecular complexity index is 519. The number of rotatable bonds is 5. The summed E-state index contributed by atoms with van der Waals surface area (Å²) in [5.41, 5.74) is 6.69. The van der Waals surface area contributed by atoms with E-state index in [9.17, 15) is 9.59 Å². The summed E-state index contributed by atoms with van der Waals surface area (Å²) in [7, 11) is 0. The van der Waals surface area contributed by atoms with E-state index in [4.69, 9.17) is 10.5 Å². The molecule has 1 saturated heterocycles. The third-order valence-electron chi connectivity index (χ3n) is 3.44. The average Bonchev–Trinajstić information content (AvgIpc) is 2.52. The van der Waals surface area contributed by atoms with Crippen molar-refractivity contribution in [3.8, 4) is 0 Å². The number of hydrogen-bond acceptors (Lipinski definition) is 4. The first kappa shape index (κ1) is 15.3. The van der Waals surface area contributed by atoms with E-state index in [1.54, 1.807) is 6.07 Å². The lowest BCUT2D eigenvalue weighted by Crippen LogP contribution is -2.54. The summed E-state index contributed by atoms with van der Waals surface area (Å²) in [4.78, 5) is 25.7. The molecule has 2 amide bonds. The summed E-state index contributed by atoms with van der Waals surface area (Å²) in [6, 6.07) is 6.60. The first-order chi connectivity index (χ1) is 10.1. The molecule has 0 aliphatic carbocycles. The molecule has 1 heterocycles. The van der Waals surface area contributed by atoms with Gasteiger partial charge in [-0.05, 0) is 18.6 Å². The van der Waals surface area contributed by atoms with Crippen molar-refractivity contribution in [3.05, 3.63) is 29.8 Å². The second-order valence-corrected chi connectivity index (χ2v) is 4.96. The lowest BCUT2D eigenvalue weighted by atomic mass is 10.1. The predicted octanol–water partition coefficient (Wildman–Crippen LogP) is 0.835. The fraction of sp³-hybridized carbons (Fsp3) is 0.467. The van der Waals surface area contributed by atoms with Crippen LogP contribution in [0.5, 0.6) is 0 Å². The molecule has 0 radical (unpaired) electrons. The molecule has 0 saturated carbocycles. The van der Waals surface area contributed by atoms with Crippen molar-refractivity contribution < 1.29 is 14.3 Å². The molecule has 6 heteroatoms. The molecule has 1 aliphatic heterocycles. The number of benzene rings is 1. The molecule has 1 unspecified atom stereocenters. The van der Waals surface area contributed by atoms with E-state index in [-0.39, 0.29) is 12.5 Å². The Morgan fingerprint density at radius 2 is 2.19 bits per heavy atom. The number of nitrogens with two attached hydrogens (primary N) is 1. The van der Waals surface area contributed by atoms with Crippen LogP contribution in [0.1, 0.15) is 23.7 Å². The molecule has 1 aromatic rings. The van der Waals surface area contributed by atoms with Crippen LogP contribution in [0.2, 0.25) is 0 Å². The molecule has 1 fully saturated rings. The van der Waals surface area contributed by atoms with Crippen molar-refractivity contribution >= 4 is 17.5 Å². The zero-order chi connectivity index (χ0) is 15.2. The van der Waals surface area contributed by atoms with Crippen LogP contribution < -0.4 is 11.1 Å². The maximum atomic E-state index is 12.7. The van der Waals surface area contributed by atoms with Gasteiger partial charge in [-0.25, -0.2) is 0 Å². The van der Waals surface area contributed by atoms with Gasteiger partial charge in [0.15, 0.2) is 0 Å². The highest BCUT2D eigenvalue weighted by Gasteiger charge is 2.32. The fourth-order valence-corrected chi connectivity index (χ4v) is 2.32. The number of hydrogen-bond donors (Lipinski definition) is 2. The average molecular weight is 291 g/mol. The molecule has 6 nitrogen and oxygen atoms in total. The van der Waals surface area contributed by atoms with Gasteiger partial charge >= 0.3 is 0 Å². The topological polar surface area (TPSA) is 84.7 Å². The second-order valence-electron chi connectivity index (χ2n) is 4.96. The molecule has 0 spiro atoms. The molecular weight excluding hydrogens is 270 g/mol. The number of morpholine rings is 1. The quantitative estimate of drug-likeness (QED) is 0.841. The third-order valence-corrected chi connectivity index (χ3v) is 3.44. The van der Waals surface area contributed by atoms with Crippen molar-refractivity contribution in [3.63, 3.8) is 0 Å². The minimum absolute atomic E-state index is 0.158. The summed E-state index contributed by atoms with van der Waals surface area (Å²) in [5.74, 6) is -0.733. The summed E-state index contributed by atoms with van der Waals surface area (Å²) in [5, 5.41) is 3.23. The third kappa shape index (κ3) is 3.52. The maximum absolute atomic E-state index is 12.7. The van der Waals surface area contributed by atoms with Gasteiger partial charge in [-0.15, -0.1) is 0 Å². The van der Waals surface area contributed by atoms with Crippen LogP contribution in [0, 0.1) is 0 Å². The van der Waals surface area contributed by atoms with Gasteiger partial charge < -0.3 is 20.7 Å². The van der Waals surface area contributed by atoms with E-state index in [1.807, 2.05) is 18.2 Å². The number of nitrogens with one attached hydrogen (secondary N) is 1. The van der Waals surface area contributed by atoms with Crippen molar-refractivity contribution in [2.75, 3.05) is 31.6 Å². The molecule has 21 heavy (non-hydrogen) atoms. The number of carbonyl (C=O) groups is 2. The van der Waals surface area contributed by atoms with E-state index in [0.29, 0.717) is 18.7 Å². The van der Waals surface area contributed by atoms with Crippen LogP contribution in [0.25, 0.3) is 0 Å². The maximum Gasteiger partial charge on any atom is 0.256 e. The Morgan fingerprint density at radius 1 is 1.43 bits per heavy atom. The first-order valence-corrected chi connectivity index (χ1v) is 7.16. The SMILES string of the molecule is CCCNc1ccccc1C(=O)N1CCOCC1C(N)=O. The lowest BCUT2D eigenvalue weighted by Gasteiger charge is -2.34. The Balaban J connectivity index is 2.24. The smallest absolute Gasteiger partial charge is 0.256 e. The number of anilines is 1. The summed E-state index contributed by atoms with van der Waals surface area (Å²) >= 11 is 0. The highest BCUT2D eigenvalue weighted by molar-refractivity contribution is 6.01. The second kappa shape index (κ2) is 7.08. The van der Waals surface area contributed by atoms with Gasteiger partial charge in [-0.3, -0.25) is 9.59 Å². The van der Waals surface area contributed by atoms with E-state index in [2.05, 4.69) is 12.2 Å². The molecule has 3 N–H and O–H groups in total. The monoisotopic (exact) mass is 291 g/mol. The number of nitrogens with zero attached hydrogens (tertiary/aromatic N) is 1. The van der Waals surface area contributed by atoms with Gasteiger partial charge in [0.05, 0.1) is 18.8 Å². The molecule has 1 atom stereocenters. The van der Waals surface area contributed by atoms with Crippen LogP contribution in [-0.4, -0.2) is 49.1 Å². The van der Waals surface area contributed by atoms with Crippen molar-refractivity contribution in [1.82, 2.24) is 4.90 Å². The van der Waals surface area contributed by atoms with Crippen molar-refractivity contribution in [1.29, 1.82) is 0 Å². The molecule has 1 aromatic carbocycles.